The maximum Gasteiger partial charge on any atom is 0.306 e. The molecule has 18 heavy (non-hydrogen) atoms. The monoisotopic (exact) mass is 261 g/mol. The van der Waals surface area contributed by atoms with Crippen LogP contribution in [0.25, 0.3) is 0 Å². The predicted molar refractivity (Wildman–Crippen MR) is 66.2 cm³/mol. The lowest BCUT2D eigenvalue weighted by Gasteiger charge is -2.06. The number of rotatable bonds is 11. The highest BCUT2D eigenvalue weighted by Gasteiger charge is 2.07. The first-order valence-corrected chi connectivity index (χ1v) is 6.19. The summed E-state index contributed by atoms with van der Waals surface area (Å²) in [4.78, 5) is 22.4. The molecule has 0 aliphatic rings. The third kappa shape index (κ3) is 11.3. The van der Waals surface area contributed by atoms with Crippen LogP contribution in [0.15, 0.2) is 0 Å². The molecule has 6 heteroatoms. The Balaban J connectivity index is 3.34. The molecule has 0 radical (unpaired) electrons. The lowest BCUT2D eigenvalue weighted by atomic mass is 10.3. The number of carbonyl (C=O) groups is 2. The molecular formula is C12H23NO5. The third-order valence-electron chi connectivity index (χ3n) is 2.05. The summed E-state index contributed by atoms with van der Waals surface area (Å²) in [6.07, 6.45) is 1.16. The summed E-state index contributed by atoms with van der Waals surface area (Å²) in [6.45, 7) is 4.16. The van der Waals surface area contributed by atoms with Crippen LogP contribution in [0, 0.1) is 0 Å². The van der Waals surface area contributed by atoms with Gasteiger partial charge in [0.15, 0.2) is 0 Å². The number of methoxy groups -OCH3 is 1. The van der Waals surface area contributed by atoms with Crippen molar-refractivity contribution in [3.8, 4) is 0 Å². The Morgan fingerprint density at radius 1 is 1.06 bits per heavy atom. The highest BCUT2D eigenvalue weighted by atomic mass is 16.6. The molecule has 106 valence electrons. The Labute approximate surface area is 108 Å². The van der Waals surface area contributed by atoms with Gasteiger partial charge in [-0.1, -0.05) is 6.92 Å². The summed E-state index contributed by atoms with van der Waals surface area (Å²) >= 11 is 0. The van der Waals surface area contributed by atoms with Crippen molar-refractivity contribution in [2.75, 3.05) is 40.1 Å². The van der Waals surface area contributed by atoms with E-state index in [1.807, 2.05) is 6.92 Å². The van der Waals surface area contributed by atoms with E-state index in [0.717, 1.165) is 6.42 Å². The molecule has 0 bridgehead atoms. The normalized spacial score (nSPS) is 10.1. The molecule has 0 saturated carbocycles. The van der Waals surface area contributed by atoms with Crippen molar-refractivity contribution in [2.24, 2.45) is 0 Å². The molecule has 0 atom stereocenters. The molecular weight excluding hydrogens is 238 g/mol. The van der Waals surface area contributed by atoms with Gasteiger partial charge in [-0.15, -0.1) is 0 Å². The summed E-state index contributed by atoms with van der Waals surface area (Å²) < 4.78 is 14.8. The lowest BCUT2D eigenvalue weighted by Crippen LogP contribution is -2.24. The number of hydrogen-bond donors (Lipinski definition) is 1. The van der Waals surface area contributed by atoms with Gasteiger partial charge in [0.25, 0.3) is 0 Å². The molecule has 1 N–H and O–H groups in total. The molecule has 0 rings (SSSR count). The zero-order valence-electron chi connectivity index (χ0n) is 11.2. The maximum absolute atomic E-state index is 11.2. The van der Waals surface area contributed by atoms with E-state index in [2.05, 4.69) is 5.32 Å². The minimum atomic E-state index is -0.378. The topological polar surface area (TPSA) is 73.9 Å². The van der Waals surface area contributed by atoms with Gasteiger partial charge in [0.1, 0.15) is 6.61 Å². The maximum atomic E-state index is 11.2. The van der Waals surface area contributed by atoms with Gasteiger partial charge in [-0.05, 0) is 6.42 Å². The number of amides is 1. The first-order valence-electron chi connectivity index (χ1n) is 6.19. The molecule has 0 aromatic heterocycles. The number of hydrogen-bond acceptors (Lipinski definition) is 5. The fourth-order valence-corrected chi connectivity index (χ4v) is 1.10. The summed E-state index contributed by atoms with van der Waals surface area (Å²) in [5.74, 6) is -0.498. The Kier molecular flexibility index (Phi) is 11.5. The molecule has 0 aliphatic carbocycles. The van der Waals surface area contributed by atoms with Crippen LogP contribution in [0.4, 0.5) is 0 Å². The van der Waals surface area contributed by atoms with Crippen molar-refractivity contribution >= 4 is 11.9 Å². The van der Waals surface area contributed by atoms with Gasteiger partial charge in [-0.25, -0.2) is 0 Å². The summed E-state index contributed by atoms with van der Waals surface area (Å²) in [5.41, 5.74) is 0. The standard InChI is InChI=1S/C12H23NO5/c1-3-6-13-11(14)4-5-12(15)18-10-9-17-8-7-16-2/h3-10H2,1-2H3,(H,13,14). The molecule has 0 spiro atoms. The van der Waals surface area contributed by atoms with Crippen LogP contribution in [0.3, 0.4) is 0 Å². The fraction of sp³-hybridized carbons (Fsp3) is 0.833. The second kappa shape index (κ2) is 12.3. The van der Waals surface area contributed by atoms with E-state index in [1.165, 1.54) is 0 Å². The number of ether oxygens (including phenoxy) is 3. The summed E-state index contributed by atoms with van der Waals surface area (Å²) in [7, 11) is 1.59. The Hall–Kier alpha value is -1.14. The molecule has 0 fully saturated rings. The van der Waals surface area contributed by atoms with E-state index in [9.17, 15) is 9.59 Å². The minimum absolute atomic E-state index is 0.105. The van der Waals surface area contributed by atoms with Crippen LogP contribution in [0.1, 0.15) is 26.2 Å². The van der Waals surface area contributed by atoms with Gasteiger partial charge in [-0.2, -0.15) is 0 Å². The van der Waals surface area contributed by atoms with E-state index in [-0.39, 0.29) is 31.3 Å². The van der Waals surface area contributed by atoms with Crippen molar-refractivity contribution in [2.45, 2.75) is 26.2 Å². The van der Waals surface area contributed by atoms with Crippen molar-refractivity contribution in [1.82, 2.24) is 5.32 Å². The molecule has 0 aromatic carbocycles. The zero-order valence-corrected chi connectivity index (χ0v) is 11.2. The van der Waals surface area contributed by atoms with Crippen LogP contribution in [0.2, 0.25) is 0 Å². The molecule has 0 aliphatic heterocycles. The number of carbonyl (C=O) groups excluding carboxylic acids is 2. The average Bonchev–Trinajstić information content (AvgIpc) is 2.38. The fourth-order valence-electron chi connectivity index (χ4n) is 1.10. The van der Waals surface area contributed by atoms with E-state index in [4.69, 9.17) is 14.2 Å². The highest BCUT2D eigenvalue weighted by molar-refractivity contribution is 5.81. The van der Waals surface area contributed by atoms with Gasteiger partial charge >= 0.3 is 5.97 Å². The SMILES string of the molecule is CCCNC(=O)CCC(=O)OCCOCCOC. The Morgan fingerprint density at radius 2 is 1.78 bits per heavy atom. The van der Waals surface area contributed by atoms with Crippen LogP contribution in [-0.2, 0) is 23.8 Å². The number of nitrogens with one attached hydrogen (secondary N) is 1. The van der Waals surface area contributed by atoms with Gasteiger partial charge in [-0.3, -0.25) is 9.59 Å². The lowest BCUT2D eigenvalue weighted by molar-refractivity contribution is -0.146. The summed E-state index contributed by atoms with van der Waals surface area (Å²) in [5, 5.41) is 2.69. The largest absolute Gasteiger partial charge is 0.463 e. The second-order valence-electron chi connectivity index (χ2n) is 3.68. The van der Waals surface area contributed by atoms with E-state index in [1.54, 1.807) is 7.11 Å². The Morgan fingerprint density at radius 3 is 2.44 bits per heavy atom. The van der Waals surface area contributed by atoms with Crippen molar-refractivity contribution < 1.29 is 23.8 Å². The molecule has 0 unspecified atom stereocenters. The van der Waals surface area contributed by atoms with Crippen molar-refractivity contribution in [3.63, 3.8) is 0 Å². The van der Waals surface area contributed by atoms with Crippen LogP contribution >= 0.6 is 0 Å². The number of esters is 1. The third-order valence-corrected chi connectivity index (χ3v) is 2.05. The molecule has 0 heterocycles. The van der Waals surface area contributed by atoms with Gasteiger partial charge < -0.3 is 19.5 Å². The van der Waals surface area contributed by atoms with E-state index in [0.29, 0.717) is 26.4 Å². The van der Waals surface area contributed by atoms with E-state index >= 15 is 0 Å². The minimum Gasteiger partial charge on any atom is -0.463 e. The van der Waals surface area contributed by atoms with Gasteiger partial charge in [0, 0.05) is 20.1 Å². The Bertz CT molecular complexity index is 233. The quantitative estimate of drug-likeness (QED) is 0.433. The van der Waals surface area contributed by atoms with Crippen molar-refractivity contribution in [1.29, 1.82) is 0 Å². The molecule has 0 saturated heterocycles. The van der Waals surface area contributed by atoms with Crippen LogP contribution < -0.4 is 5.32 Å². The molecule has 6 nitrogen and oxygen atoms in total. The molecule has 1 amide bonds. The van der Waals surface area contributed by atoms with E-state index < -0.39 is 0 Å². The summed E-state index contributed by atoms with van der Waals surface area (Å²) in [6, 6.07) is 0. The highest BCUT2D eigenvalue weighted by Crippen LogP contribution is 1.93. The zero-order chi connectivity index (χ0) is 13.6. The smallest absolute Gasteiger partial charge is 0.306 e. The molecule has 0 aromatic rings. The van der Waals surface area contributed by atoms with Gasteiger partial charge in [0.2, 0.25) is 5.91 Å². The second-order valence-corrected chi connectivity index (χ2v) is 3.68. The predicted octanol–water partition coefficient (Wildman–Crippen LogP) is 0.499. The van der Waals surface area contributed by atoms with Crippen LogP contribution in [-0.4, -0.2) is 52.0 Å². The van der Waals surface area contributed by atoms with Crippen molar-refractivity contribution in [3.05, 3.63) is 0 Å². The van der Waals surface area contributed by atoms with Gasteiger partial charge in [0.05, 0.1) is 26.2 Å². The average molecular weight is 261 g/mol. The first-order chi connectivity index (χ1) is 8.70. The van der Waals surface area contributed by atoms with Crippen LogP contribution in [0.5, 0.6) is 0 Å². The first kappa shape index (κ1) is 16.9.